The number of hydrogen-bond donors (Lipinski definition) is 1. The van der Waals surface area contributed by atoms with Gasteiger partial charge in [-0.2, -0.15) is 13.2 Å². The Bertz CT molecular complexity index is 272. The molecule has 0 aromatic rings. The van der Waals surface area contributed by atoms with Gasteiger partial charge in [0.1, 0.15) is 0 Å². The molecule has 1 aliphatic rings. The standard InChI is InChI=1S/C6H10F3NO2S/c7-6(8,9)5-1-2-10-3-4-13(5,11)12/h5,10H,1-4H2. The molecule has 0 aliphatic carbocycles. The van der Waals surface area contributed by atoms with Gasteiger partial charge >= 0.3 is 6.18 Å². The molecule has 7 heteroatoms. The molecule has 0 radical (unpaired) electrons. The topological polar surface area (TPSA) is 46.2 Å². The van der Waals surface area contributed by atoms with Gasteiger partial charge < -0.3 is 5.32 Å². The van der Waals surface area contributed by atoms with Crippen LogP contribution in [0.4, 0.5) is 13.2 Å². The Balaban J connectivity index is 2.92. The van der Waals surface area contributed by atoms with Crippen molar-refractivity contribution >= 4 is 9.84 Å². The van der Waals surface area contributed by atoms with Crippen LogP contribution >= 0.6 is 0 Å². The van der Waals surface area contributed by atoms with Crippen molar-refractivity contribution in [1.82, 2.24) is 5.32 Å². The Morgan fingerprint density at radius 1 is 1.23 bits per heavy atom. The first-order chi connectivity index (χ1) is 5.84. The molecule has 0 bridgehead atoms. The summed E-state index contributed by atoms with van der Waals surface area (Å²) in [6.45, 7) is 0.207. The number of nitrogens with one attached hydrogen (secondary N) is 1. The summed E-state index contributed by atoms with van der Waals surface area (Å²) in [4.78, 5) is 0. The third kappa shape index (κ3) is 2.57. The highest BCUT2D eigenvalue weighted by molar-refractivity contribution is 7.92. The summed E-state index contributed by atoms with van der Waals surface area (Å²) >= 11 is 0. The zero-order valence-corrected chi connectivity index (χ0v) is 7.58. The summed E-state index contributed by atoms with van der Waals surface area (Å²) in [7, 11) is -4.01. The lowest BCUT2D eigenvalue weighted by Crippen LogP contribution is -2.37. The van der Waals surface area contributed by atoms with E-state index in [1.807, 2.05) is 0 Å². The molecule has 0 spiro atoms. The fraction of sp³-hybridized carbons (Fsp3) is 1.00. The third-order valence-corrected chi connectivity index (χ3v) is 4.09. The maximum Gasteiger partial charge on any atom is 0.405 e. The van der Waals surface area contributed by atoms with Gasteiger partial charge in [0.25, 0.3) is 0 Å². The highest BCUT2D eigenvalue weighted by atomic mass is 32.2. The second-order valence-electron chi connectivity index (χ2n) is 2.94. The van der Waals surface area contributed by atoms with Crippen LogP contribution in [0, 0.1) is 0 Å². The molecule has 78 valence electrons. The molecule has 0 aromatic carbocycles. The second kappa shape index (κ2) is 3.45. The number of halogens is 3. The molecule has 1 heterocycles. The van der Waals surface area contributed by atoms with Gasteiger partial charge in [0, 0.05) is 6.54 Å². The predicted molar refractivity (Wildman–Crippen MR) is 41.1 cm³/mol. The first-order valence-corrected chi connectivity index (χ1v) is 5.54. The lowest BCUT2D eigenvalue weighted by molar-refractivity contribution is -0.130. The van der Waals surface area contributed by atoms with E-state index in [2.05, 4.69) is 5.32 Å². The van der Waals surface area contributed by atoms with E-state index < -0.39 is 27.0 Å². The van der Waals surface area contributed by atoms with E-state index >= 15 is 0 Å². The fourth-order valence-electron chi connectivity index (χ4n) is 1.26. The van der Waals surface area contributed by atoms with Crippen LogP contribution in [0.1, 0.15) is 6.42 Å². The van der Waals surface area contributed by atoms with Crippen molar-refractivity contribution in [2.24, 2.45) is 0 Å². The average Bonchev–Trinajstić information content (AvgIpc) is 2.07. The van der Waals surface area contributed by atoms with Crippen molar-refractivity contribution in [1.29, 1.82) is 0 Å². The minimum absolute atomic E-state index is 0.101. The van der Waals surface area contributed by atoms with Gasteiger partial charge in [-0.05, 0) is 13.0 Å². The molecule has 13 heavy (non-hydrogen) atoms. The van der Waals surface area contributed by atoms with E-state index in [9.17, 15) is 21.6 Å². The lowest BCUT2D eigenvalue weighted by atomic mass is 10.3. The van der Waals surface area contributed by atoms with Crippen molar-refractivity contribution in [2.45, 2.75) is 17.8 Å². The number of rotatable bonds is 0. The van der Waals surface area contributed by atoms with Gasteiger partial charge in [-0.15, -0.1) is 0 Å². The summed E-state index contributed by atoms with van der Waals surface area (Å²) in [5.74, 6) is -0.433. The first-order valence-electron chi connectivity index (χ1n) is 3.83. The minimum Gasteiger partial charge on any atom is -0.316 e. The summed E-state index contributed by atoms with van der Waals surface area (Å²) < 4.78 is 58.8. The smallest absolute Gasteiger partial charge is 0.316 e. The molecule has 1 rings (SSSR count). The van der Waals surface area contributed by atoms with E-state index in [0.717, 1.165) is 0 Å². The Morgan fingerprint density at radius 2 is 1.85 bits per heavy atom. The monoisotopic (exact) mass is 217 g/mol. The van der Waals surface area contributed by atoms with Crippen molar-refractivity contribution in [3.05, 3.63) is 0 Å². The van der Waals surface area contributed by atoms with Gasteiger partial charge in [0.05, 0.1) is 5.75 Å². The van der Waals surface area contributed by atoms with Gasteiger partial charge in [0.15, 0.2) is 15.1 Å². The highest BCUT2D eigenvalue weighted by Crippen LogP contribution is 2.29. The van der Waals surface area contributed by atoms with Crippen LogP contribution < -0.4 is 5.32 Å². The lowest BCUT2D eigenvalue weighted by Gasteiger charge is -2.17. The Morgan fingerprint density at radius 3 is 2.38 bits per heavy atom. The molecular weight excluding hydrogens is 207 g/mol. The van der Waals surface area contributed by atoms with Crippen LogP contribution in [-0.4, -0.2) is 38.7 Å². The largest absolute Gasteiger partial charge is 0.405 e. The zero-order chi connectivity index (χ0) is 10.1. The van der Waals surface area contributed by atoms with E-state index in [-0.39, 0.29) is 19.5 Å². The molecule has 0 aromatic heterocycles. The average molecular weight is 217 g/mol. The van der Waals surface area contributed by atoms with Gasteiger partial charge in [-0.1, -0.05) is 0 Å². The van der Waals surface area contributed by atoms with E-state index in [1.165, 1.54) is 0 Å². The SMILES string of the molecule is O=S1(=O)CCNCCC1C(F)(F)F. The van der Waals surface area contributed by atoms with Crippen LogP contribution in [0.3, 0.4) is 0 Å². The molecule has 3 nitrogen and oxygen atoms in total. The van der Waals surface area contributed by atoms with Crippen LogP contribution in [0.5, 0.6) is 0 Å². The molecule has 0 amide bonds. The van der Waals surface area contributed by atoms with E-state index in [0.29, 0.717) is 0 Å². The molecule has 1 N–H and O–H groups in total. The van der Waals surface area contributed by atoms with Crippen molar-refractivity contribution < 1.29 is 21.6 Å². The van der Waals surface area contributed by atoms with Gasteiger partial charge in [-0.3, -0.25) is 0 Å². The van der Waals surface area contributed by atoms with E-state index in [1.54, 1.807) is 0 Å². The van der Waals surface area contributed by atoms with Crippen molar-refractivity contribution in [3.8, 4) is 0 Å². The summed E-state index contributed by atoms with van der Waals surface area (Å²) in [6.07, 6.45) is -5.02. The Labute approximate surface area is 74.2 Å². The fourth-order valence-corrected chi connectivity index (χ4v) is 2.86. The zero-order valence-electron chi connectivity index (χ0n) is 6.76. The molecule has 1 saturated heterocycles. The summed E-state index contributed by atoms with van der Waals surface area (Å²) in [5.41, 5.74) is 0. The number of hydrogen-bond acceptors (Lipinski definition) is 3. The second-order valence-corrected chi connectivity index (χ2v) is 5.24. The molecule has 1 aliphatic heterocycles. The third-order valence-electron chi connectivity index (χ3n) is 1.95. The Kier molecular flexibility index (Phi) is 2.86. The van der Waals surface area contributed by atoms with Gasteiger partial charge in [0.2, 0.25) is 0 Å². The maximum absolute atomic E-state index is 12.2. The predicted octanol–water partition coefficient (Wildman–Crippen LogP) is 0.325. The highest BCUT2D eigenvalue weighted by Gasteiger charge is 2.48. The van der Waals surface area contributed by atoms with Crippen molar-refractivity contribution in [2.75, 3.05) is 18.8 Å². The van der Waals surface area contributed by atoms with E-state index in [4.69, 9.17) is 0 Å². The number of alkyl halides is 3. The summed E-state index contributed by atoms with van der Waals surface area (Å²) in [6, 6.07) is 0. The normalized spacial score (nSPS) is 29.6. The first kappa shape index (κ1) is 10.8. The van der Waals surface area contributed by atoms with Crippen LogP contribution in [-0.2, 0) is 9.84 Å². The molecule has 1 fully saturated rings. The molecule has 1 unspecified atom stereocenters. The quantitative estimate of drug-likeness (QED) is 0.636. The van der Waals surface area contributed by atoms with Crippen LogP contribution in [0.2, 0.25) is 0 Å². The number of sulfone groups is 1. The maximum atomic E-state index is 12.2. The van der Waals surface area contributed by atoms with Crippen molar-refractivity contribution in [3.63, 3.8) is 0 Å². The molecular formula is C6H10F3NO2S. The molecule has 0 saturated carbocycles. The molecule has 1 atom stereocenters. The van der Waals surface area contributed by atoms with Gasteiger partial charge in [-0.25, -0.2) is 8.42 Å². The summed E-state index contributed by atoms with van der Waals surface area (Å²) in [5, 5.41) is 0.441. The van der Waals surface area contributed by atoms with Crippen LogP contribution in [0.15, 0.2) is 0 Å². The van der Waals surface area contributed by atoms with Crippen LogP contribution in [0.25, 0.3) is 0 Å². The Hall–Kier alpha value is -0.300. The minimum atomic E-state index is -4.63.